The molecule has 1 aromatic carbocycles. The van der Waals surface area contributed by atoms with E-state index in [-0.39, 0.29) is 12.1 Å². The van der Waals surface area contributed by atoms with E-state index in [9.17, 15) is 8.78 Å². The Hall–Kier alpha value is -1.08. The number of nitrogens with one attached hydrogen (secondary N) is 1. The van der Waals surface area contributed by atoms with Crippen LogP contribution in [0.4, 0.5) is 8.78 Å². The number of nitrogens with two attached hydrogens (primary N) is 1. The van der Waals surface area contributed by atoms with Crippen molar-refractivity contribution in [3.63, 3.8) is 0 Å². The molecule has 0 amide bonds. The molecule has 0 radical (unpaired) electrons. The number of ether oxygens (including phenoxy) is 1. The van der Waals surface area contributed by atoms with E-state index in [2.05, 4.69) is 10.3 Å². The standard InChI is InChI=1S/C13H19F2N3O/c1-18-4-5-19-13(8-18)12(17-16)6-9-2-3-10(14)7-11(9)15/h2-3,7,12-13,17H,4-6,8,16H2,1H3. The van der Waals surface area contributed by atoms with Crippen molar-refractivity contribution in [2.24, 2.45) is 5.84 Å². The summed E-state index contributed by atoms with van der Waals surface area (Å²) in [5.41, 5.74) is 3.10. The van der Waals surface area contributed by atoms with Gasteiger partial charge in [0.1, 0.15) is 11.6 Å². The Kier molecular flexibility index (Phi) is 4.81. The first-order valence-corrected chi connectivity index (χ1v) is 6.30. The SMILES string of the molecule is CN1CCOC(C(Cc2ccc(F)cc2F)NN)C1. The number of halogens is 2. The molecule has 1 heterocycles. The lowest BCUT2D eigenvalue weighted by atomic mass is 10.00. The molecule has 1 saturated heterocycles. The molecular formula is C13H19F2N3O. The number of hydrazine groups is 1. The molecule has 0 aliphatic carbocycles. The summed E-state index contributed by atoms with van der Waals surface area (Å²) in [7, 11) is 2.00. The molecule has 2 unspecified atom stereocenters. The van der Waals surface area contributed by atoms with Crippen LogP contribution in [-0.2, 0) is 11.2 Å². The fraction of sp³-hybridized carbons (Fsp3) is 0.538. The van der Waals surface area contributed by atoms with Gasteiger partial charge in [0.15, 0.2) is 0 Å². The zero-order chi connectivity index (χ0) is 13.8. The third kappa shape index (κ3) is 3.70. The monoisotopic (exact) mass is 271 g/mol. The zero-order valence-corrected chi connectivity index (χ0v) is 10.9. The van der Waals surface area contributed by atoms with Crippen LogP contribution in [-0.4, -0.2) is 43.8 Å². The van der Waals surface area contributed by atoms with Crippen molar-refractivity contribution >= 4 is 0 Å². The fourth-order valence-corrected chi connectivity index (χ4v) is 2.28. The summed E-state index contributed by atoms with van der Waals surface area (Å²) >= 11 is 0. The molecule has 106 valence electrons. The van der Waals surface area contributed by atoms with Crippen molar-refractivity contribution in [3.8, 4) is 0 Å². The highest BCUT2D eigenvalue weighted by Gasteiger charge is 2.26. The normalized spacial score (nSPS) is 22.4. The van der Waals surface area contributed by atoms with Gasteiger partial charge in [0, 0.05) is 19.2 Å². The van der Waals surface area contributed by atoms with Crippen LogP contribution in [0.2, 0.25) is 0 Å². The predicted molar refractivity (Wildman–Crippen MR) is 68.4 cm³/mol. The zero-order valence-electron chi connectivity index (χ0n) is 10.9. The Morgan fingerprint density at radius 3 is 2.95 bits per heavy atom. The second-order valence-electron chi connectivity index (χ2n) is 4.88. The van der Waals surface area contributed by atoms with Gasteiger partial charge in [0.05, 0.1) is 18.8 Å². The molecule has 4 nitrogen and oxygen atoms in total. The lowest BCUT2D eigenvalue weighted by Crippen LogP contribution is -2.54. The summed E-state index contributed by atoms with van der Waals surface area (Å²) in [5, 5.41) is 0. The first-order chi connectivity index (χ1) is 9.10. The van der Waals surface area contributed by atoms with E-state index < -0.39 is 11.6 Å². The van der Waals surface area contributed by atoms with Crippen LogP contribution in [0.5, 0.6) is 0 Å². The van der Waals surface area contributed by atoms with Gasteiger partial charge < -0.3 is 9.64 Å². The molecule has 1 fully saturated rings. The van der Waals surface area contributed by atoms with Crippen molar-refractivity contribution in [3.05, 3.63) is 35.4 Å². The smallest absolute Gasteiger partial charge is 0.129 e. The molecule has 2 atom stereocenters. The number of hydrogen-bond acceptors (Lipinski definition) is 4. The average Bonchev–Trinajstić information content (AvgIpc) is 2.38. The van der Waals surface area contributed by atoms with Gasteiger partial charge in [-0.2, -0.15) is 0 Å². The fourth-order valence-electron chi connectivity index (χ4n) is 2.28. The number of hydrogen-bond donors (Lipinski definition) is 2. The van der Waals surface area contributed by atoms with Gasteiger partial charge >= 0.3 is 0 Å². The highest BCUT2D eigenvalue weighted by Crippen LogP contribution is 2.15. The molecule has 0 saturated carbocycles. The molecule has 0 spiro atoms. The van der Waals surface area contributed by atoms with Crippen LogP contribution < -0.4 is 11.3 Å². The van der Waals surface area contributed by atoms with Gasteiger partial charge in [-0.3, -0.25) is 11.3 Å². The molecule has 1 aliphatic heterocycles. The number of rotatable bonds is 4. The molecule has 0 bridgehead atoms. The number of morpholine rings is 1. The highest BCUT2D eigenvalue weighted by atomic mass is 19.1. The maximum atomic E-state index is 13.6. The molecule has 6 heteroatoms. The Labute approximate surface area is 111 Å². The van der Waals surface area contributed by atoms with Gasteiger partial charge in [-0.15, -0.1) is 0 Å². The molecule has 0 aromatic heterocycles. The van der Waals surface area contributed by atoms with Crippen LogP contribution in [0.1, 0.15) is 5.56 Å². The van der Waals surface area contributed by atoms with Gasteiger partial charge in [0.25, 0.3) is 0 Å². The Morgan fingerprint density at radius 1 is 1.53 bits per heavy atom. The summed E-state index contributed by atoms with van der Waals surface area (Å²) in [5.74, 6) is 4.40. The van der Waals surface area contributed by atoms with Crippen molar-refractivity contribution in [2.45, 2.75) is 18.6 Å². The molecule has 19 heavy (non-hydrogen) atoms. The minimum absolute atomic E-state index is 0.104. The number of likely N-dealkylation sites (N-methyl/N-ethyl adjacent to an activating group) is 1. The highest BCUT2D eigenvalue weighted by molar-refractivity contribution is 5.20. The largest absolute Gasteiger partial charge is 0.374 e. The minimum Gasteiger partial charge on any atom is -0.374 e. The van der Waals surface area contributed by atoms with Crippen LogP contribution in [0.25, 0.3) is 0 Å². The summed E-state index contributed by atoms with van der Waals surface area (Å²) in [6.45, 7) is 2.24. The van der Waals surface area contributed by atoms with E-state index in [1.807, 2.05) is 7.05 Å². The van der Waals surface area contributed by atoms with E-state index in [0.717, 1.165) is 19.2 Å². The molecular weight excluding hydrogens is 252 g/mol. The van der Waals surface area contributed by atoms with E-state index in [1.54, 1.807) is 0 Å². The van der Waals surface area contributed by atoms with E-state index in [1.165, 1.54) is 12.1 Å². The third-order valence-corrected chi connectivity index (χ3v) is 3.41. The third-order valence-electron chi connectivity index (χ3n) is 3.41. The Balaban J connectivity index is 2.05. The first-order valence-electron chi connectivity index (χ1n) is 6.30. The van der Waals surface area contributed by atoms with Crippen LogP contribution in [0.3, 0.4) is 0 Å². The van der Waals surface area contributed by atoms with Gasteiger partial charge in [-0.05, 0) is 25.1 Å². The van der Waals surface area contributed by atoms with Crippen molar-refractivity contribution in [1.82, 2.24) is 10.3 Å². The van der Waals surface area contributed by atoms with E-state index in [0.29, 0.717) is 18.6 Å². The molecule has 1 aromatic rings. The maximum Gasteiger partial charge on any atom is 0.129 e. The van der Waals surface area contributed by atoms with Crippen LogP contribution in [0.15, 0.2) is 18.2 Å². The van der Waals surface area contributed by atoms with E-state index in [4.69, 9.17) is 10.6 Å². The van der Waals surface area contributed by atoms with Crippen molar-refractivity contribution in [2.75, 3.05) is 26.7 Å². The minimum atomic E-state index is -0.577. The second kappa shape index (κ2) is 6.38. The van der Waals surface area contributed by atoms with Crippen molar-refractivity contribution in [1.29, 1.82) is 0 Å². The number of nitrogens with zero attached hydrogens (tertiary/aromatic N) is 1. The van der Waals surface area contributed by atoms with Gasteiger partial charge in [-0.1, -0.05) is 6.07 Å². The summed E-state index contributed by atoms with van der Waals surface area (Å²) < 4.78 is 32.1. The number of benzene rings is 1. The van der Waals surface area contributed by atoms with Crippen molar-refractivity contribution < 1.29 is 13.5 Å². The van der Waals surface area contributed by atoms with Gasteiger partial charge in [0.2, 0.25) is 0 Å². The predicted octanol–water partition coefficient (Wildman–Crippen LogP) is 0.670. The van der Waals surface area contributed by atoms with Crippen LogP contribution in [0, 0.1) is 11.6 Å². The van der Waals surface area contributed by atoms with E-state index >= 15 is 0 Å². The molecule has 2 rings (SSSR count). The Bertz CT molecular complexity index is 430. The summed E-state index contributed by atoms with van der Waals surface area (Å²) in [6.07, 6.45) is 0.259. The molecule has 1 aliphatic rings. The topological polar surface area (TPSA) is 50.5 Å². The Morgan fingerprint density at radius 2 is 2.32 bits per heavy atom. The average molecular weight is 271 g/mol. The lowest BCUT2D eigenvalue weighted by molar-refractivity contribution is -0.0385. The summed E-state index contributed by atoms with van der Waals surface area (Å²) in [6, 6.07) is 3.38. The van der Waals surface area contributed by atoms with Gasteiger partial charge in [-0.25, -0.2) is 8.78 Å². The quantitative estimate of drug-likeness (QED) is 0.624. The first kappa shape index (κ1) is 14.3. The lowest BCUT2D eigenvalue weighted by Gasteiger charge is -2.35. The second-order valence-corrected chi connectivity index (χ2v) is 4.88. The summed E-state index contributed by atoms with van der Waals surface area (Å²) in [4.78, 5) is 2.14. The van der Waals surface area contributed by atoms with Crippen LogP contribution >= 0.6 is 0 Å². The maximum absolute atomic E-state index is 13.6. The molecule has 3 N–H and O–H groups in total.